The van der Waals surface area contributed by atoms with Crippen LogP contribution >= 0.6 is 23.5 Å². The number of rotatable bonds is 3. The fourth-order valence-corrected chi connectivity index (χ4v) is 1.75. The lowest BCUT2D eigenvalue weighted by Gasteiger charge is -2.09. The summed E-state index contributed by atoms with van der Waals surface area (Å²) in [7, 11) is 0. The van der Waals surface area contributed by atoms with E-state index in [9.17, 15) is 0 Å². The van der Waals surface area contributed by atoms with E-state index in [4.69, 9.17) is 0 Å². The molecule has 0 bridgehead atoms. The van der Waals surface area contributed by atoms with Crippen LogP contribution in [0.15, 0.2) is 4.99 Å². The molecule has 64 valence electrons. The molecule has 1 aliphatic heterocycles. The monoisotopic (exact) mass is 190 g/mol. The van der Waals surface area contributed by atoms with Gasteiger partial charge in [-0.05, 0) is 6.26 Å². The number of thioether (sulfide) groups is 2. The van der Waals surface area contributed by atoms with Gasteiger partial charge in [-0.2, -0.15) is 11.8 Å². The first kappa shape index (κ1) is 9.26. The average molecular weight is 190 g/mol. The molecule has 1 heterocycles. The number of hydrogen-bond acceptors (Lipinski definition) is 4. The van der Waals surface area contributed by atoms with Crippen molar-refractivity contribution in [2.45, 2.75) is 12.2 Å². The topological polar surface area (TPSA) is 24.4 Å². The van der Waals surface area contributed by atoms with E-state index in [0.717, 1.165) is 24.0 Å². The van der Waals surface area contributed by atoms with Crippen molar-refractivity contribution in [3.8, 4) is 0 Å². The van der Waals surface area contributed by atoms with Gasteiger partial charge in [-0.1, -0.05) is 18.7 Å². The van der Waals surface area contributed by atoms with Crippen LogP contribution in [0.1, 0.15) is 6.92 Å². The maximum Gasteiger partial charge on any atom is 0.156 e. The van der Waals surface area contributed by atoms with Crippen LogP contribution in [-0.2, 0) is 0 Å². The van der Waals surface area contributed by atoms with Gasteiger partial charge in [0.2, 0.25) is 0 Å². The first-order chi connectivity index (χ1) is 5.33. The second-order valence-electron chi connectivity index (χ2n) is 2.46. The summed E-state index contributed by atoms with van der Waals surface area (Å²) in [5.41, 5.74) is 0. The van der Waals surface area contributed by atoms with E-state index in [1.807, 2.05) is 23.5 Å². The number of nitrogens with zero attached hydrogens (tertiary/aromatic N) is 1. The molecule has 1 atom stereocenters. The standard InChI is InChI=1S/C7H14N2S2/c1-6(10-2)5-9-7-8-3-4-11-7/h6H,3-5H2,1-2H3,(H,8,9). The third-order valence-electron chi connectivity index (χ3n) is 1.53. The lowest BCUT2D eigenvalue weighted by atomic mass is 10.5. The van der Waals surface area contributed by atoms with Gasteiger partial charge in [0.25, 0.3) is 0 Å². The van der Waals surface area contributed by atoms with E-state index < -0.39 is 0 Å². The Bertz CT molecular complexity index is 147. The summed E-state index contributed by atoms with van der Waals surface area (Å²) in [5.74, 6) is 1.15. The van der Waals surface area contributed by atoms with Crippen molar-refractivity contribution < 1.29 is 0 Å². The van der Waals surface area contributed by atoms with Gasteiger partial charge >= 0.3 is 0 Å². The zero-order valence-electron chi connectivity index (χ0n) is 6.96. The second kappa shape index (κ2) is 4.93. The molecule has 11 heavy (non-hydrogen) atoms. The minimum atomic E-state index is 0.680. The molecule has 0 aromatic carbocycles. The molecule has 2 nitrogen and oxygen atoms in total. The Balaban J connectivity index is 2.11. The summed E-state index contributed by atoms with van der Waals surface area (Å²) < 4.78 is 0. The Morgan fingerprint density at radius 2 is 2.64 bits per heavy atom. The highest BCUT2D eigenvalue weighted by Gasteiger charge is 2.06. The molecule has 0 aliphatic carbocycles. The summed E-state index contributed by atoms with van der Waals surface area (Å²) in [6.45, 7) is 4.24. The smallest absolute Gasteiger partial charge is 0.156 e. The zero-order valence-corrected chi connectivity index (χ0v) is 8.60. The van der Waals surface area contributed by atoms with Crippen LogP contribution in [0.2, 0.25) is 0 Å². The quantitative estimate of drug-likeness (QED) is 0.728. The largest absolute Gasteiger partial charge is 0.364 e. The minimum Gasteiger partial charge on any atom is -0.364 e. The van der Waals surface area contributed by atoms with Gasteiger partial charge in [-0.15, -0.1) is 0 Å². The van der Waals surface area contributed by atoms with E-state index in [0.29, 0.717) is 5.25 Å². The highest BCUT2D eigenvalue weighted by molar-refractivity contribution is 8.14. The van der Waals surface area contributed by atoms with E-state index >= 15 is 0 Å². The van der Waals surface area contributed by atoms with Crippen LogP contribution in [0.3, 0.4) is 0 Å². The van der Waals surface area contributed by atoms with Crippen molar-refractivity contribution in [3.63, 3.8) is 0 Å². The lowest BCUT2D eigenvalue weighted by molar-refractivity contribution is 0.864. The fourth-order valence-electron chi connectivity index (χ4n) is 0.756. The van der Waals surface area contributed by atoms with Crippen LogP contribution < -0.4 is 5.32 Å². The first-order valence-electron chi connectivity index (χ1n) is 3.77. The lowest BCUT2D eigenvalue weighted by Crippen LogP contribution is -2.26. The maximum atomic E-state index is 4.30. The van der Waals surface area contributed by atoms with Crippen molar-refractivity contribution in [1.29, 1.82) is 0 Å². The minimum absolute atomic E-state index is 0.680. The summed E-state index contributed by atoms with van der Waals surface area (Å²) in [4.78, 5) is 4.30. The van der Waals surface area contributed by atoms with E-state index in [-0.39, 0.29) is 0 Å². The zero-order chi connectivity index (χ0) is 8.10. The molecule has 0 spiro atoms. The van der Waals surface area contributed by atoms with Gasteiger partial charge in [0, 0.05) is 17.5 Å². The molecule has 0 aromatic rings. The fraction of sp³-hybridized carbons (Fsp3) is 0.857. The van der Waals surface area contributed by atoms with Crippen molar-refractivity contribution in [2.24, 2.45) is 4.99 Å². The van der Waals surface area contributed by atoms with Gasteiger partial charge in [0.15, 0.2) is 5.17 Å². The van der Waals surface area contributed by atoms with Crippen molar-refractivity contribution in [2.75, 3.05) is 25.1 Å². The third-order valence-corrected chi connectivity index (χ3v) is 3.43. The van der Waals surface area contributed by atoms with Gasteiger partial charge in [-0.25, -0.2) is 0 Å². The van der Waals surface area contributed by atoms with Crippen LogP contribution in [0.25, 0.3) is 0 Å². The van der Waals surface area contributed by atoms with Crippen molar-refractivity contribution >= 4 is 28.7 Å². The molecule has 0 aromatic heterocycles. The van der Waals surface area contributed by atoms with Crippen LogP contribution in [0, 0.1) is 0 Å². The number of hydrogen-bond donors (Lipinski definition) is 1. The summed E-state index contributed by atoms with van der Waals surface area (Å²) >= 11 is 3.71. The summed E-state index contributed by atoms with van der Waals surface area (Å²) in [6.07, 6.45) is 2.13. The Morgan fingerprint density at radius 1 is 1.82 bits per heavy atom. The van der Waals surface area contributed by atoms with Gasteiger partial charge in [-0.3, -0.25) is 4.99 Å². The molecule has 0 amide bonds. The molecule has 0 saturated heterocycles. The van der Waals surface area contributed by atoms with E-state index in [2.05, 4.69) is 23.5 Å². The molecule has 1 unspecified atom stereocenters. The van der Waals surface area contributed by atoms with Crippen molar-refractivity contribution in [3.05, 3.63) is 0 Å². The van der Waals surface area contributed by atoms with Gasteiger partial charge < -0.3 is 5.32 Å². The third kappa shape index (κ3) is 3.38. The maximum absolute atomic E-state index is 4.30. The number of amidine groups is 1. The molecule has 4 heteroatoms. The van der Waals surface area contributed by atoms with Crippen LogP contribution in [0.4, 0.5) is 0 Å². The van der Waals surface area contributed by atoms with E-state index in [1.54, 1.807) is 0 Å². The molecule has 0 saturated carbocycles. The van der Waals surface area contributed by atoms with Gasteiger partial charge in [0.1, 0.15) is 0 Å². The average Bonchev–Trinajstić information content (AvgIpc) is 2.52. The molecule has 1 rings (SSSR count). The molecule has 1 N–H and O–H groups in total. The molecular formula is C7H14N2S2. The molecule has 0 radical (unpaired) electrons. The molecular weight excluding hydrogens is 176 g/mol. The second-order valence-corrected chi connectivity index (χ2v) is 4.82. The summed E-state index contributed by atoms with van der Waals surface area (Å²) in [6, 6.07) is 0. The van der Waals surface area contributed by atoms with Gasteiger partial charge in [0.05, 0.1) is 6.54 Å². The normalized spacial score (nSPS) is 19.6. The Kier molecular flexibility index (Phi) is 4.15. The SMILES string of the molecule is CSC(C)CNC1=NCCS1. The summed E-state index contributed by atoms with van der Waals surface area (Å²) in [5, 5.41) is 5.13. The first-order valence-corrected chi connectivity index (χ1v) is 6.04. The number of nitrogens with one attached hydrogen (secondary N) is 1. The highest BCUT2D eigenvalue weighted by Crippen LogP contribution is 2.10. The Labute approximate surface area is 76.6 Å². The Morgan fingerprint density at radius 3 is 3.18 bits per heavy atom. The predicted molar refractivity (Wildman–Crippen MR) is 55.7 cm³/mol. The molecule has 1 aliphatic rings. The van der Waals surface area contributed by atoms with Crippen LogP contribution in [-0.4, -0.2) is 35.5 Å². The predicted octanol–water partition coefficient (Wildman–Crippen LogP) is 1.43. The number of aliphatic imine (C=N–C) groups is 1. The molecule has 0 fully saturated rings. The van der Waals surface area contributed by atoms with E-state index in [1.165, 1.54) is 0 Å². The highest BCUT2D eigenvalue weighted by atomic mass is 32.2. The Hall–Kier alpha value is 0.170. The van der Waals surface area contributed by atoms with Crippen LogP contribution in [0.5, 0.6) is 0 Å². The van der Waals surface area contributed by atoms with Crippen molar-refractivity contribution in [1.82, 2.24) is 5.32 Å².